The van der Waals surface area contributed by atoms with Crippen molar-refractivity contribution in [1.29, 1.82) is 0 Å². The minimum Gasteiger partial charge on any atom is -0.439 e. The summed E-state index contributed by atoms with van der Waals surface area (Å²) in [5.74, 6) is -0.326. The maximum Gasteiger partial charge on any atom is 0.410 e. The zero-order valence-corrected chi connectivity index (χ0v) is 14.2. The van der Waals surface area contributed by atoms with Gasteiger partial charge >= 0.3 is 6.09 Å². The van der Waals surface area contributed by atoms with Crippen molar-refractivity contribution in [3.63, 3.8) is 0 Å². The molecule has 2 fully saturated rings. The highest BCUT2D eigenvalue weighted by molar-refractivity contribution is 7.91. The quantitative estimate of drug-likeness (QED) is 0.821. The van der Waals surface area contributed by atoms with Gasteiger partial charge < -0.3 is 14.5 Å². The van der Waals surface area contributed by atoms with Crippen LogP contribution in [0.5, 0.6) is 0 Å². The Hall–Kier alpha value is -1.65. The van der Waals surface area contributed by atoms with Crippen LogP contribution in [0.2, 0.25) is 0 Å². The zero-order valence-electron chi connectivity index (χ0n) is 12.5. The van der Waals surface area contributed by atoms with Crippen LogP contribution in [0.3, 0.4) is 0 Å². The smallest absolute Gasteiger partial charge is 0.410 e. The summed E-state index contributed by atoms with van der Waals surface area (Å²) in [4.78, 5) is 26.7. The number of hydrogen-bond acceptors (Lipinski definition) is 6. The first-order valence-electron chi connectivity index (χ1n) is 7.06. The lowest BCUT2D eigenvalue weighted by atomic mass is 10.0. The Balaban J connectivity index is 1.57. The molecule has 8 nitrogen and oxygen atoms in total. The fourth-order valence-corrected chi connectivity index (χ4v) is 4.83. The molecule has 0 saturated carbocycles. The highest BCUT2D eigenvalue weighted by Crippen LogP contribution is 2.31. The van der Waals surface area contributed by atoms with E-state index in [4.69, 9.17) is 4.74 Å². The third kappa shape index (κ3) is 3.19. The second-order valence-corrected chi connectivity index (χ2v) is 8.67. The number of carbonyl (C=O) groups excluding carboxylic acids is 2. The number of carbonyl (C=O) groups is 2. The van der Waals surface area contributed by atoms with E-state index in [-0.39, 0.29) is 16.7 Å². The van der Waals surface area contributed by atoms with Gasteiger partial charge in [-0.3, -0.25) is 4.79 Å². The van der Waals surface area contributed by atoms with E-state index in [1.54, 1.807) is 18.5 Å². The summed E-state index contributed by atoms with van der Waals surface area (Å²) in [5, 5.41) is 1.66. The fraction of sp³-hybridized carbons (Fsp3) is 0.538. The van der Waals surface area contributed by atoms with Crippen molar-refractivity contribution in [2.45, 2.75) is 16.2 Å². The maximum absolute atomic E-state index is 12.2. The average molecular weight is 359 g/mol. The number of thiophene rings is 1. The molecule has 2 saturated heterocycles. The normalized spacial score (nSPS) is 24.5. The topological polar surface area (TPSA) is 96.0 Å². The first kappa shape index (κ1) is 16.2. The second-order valence-electron chi connectivity index (χ2n) is 5.73. The highest BCUT2D eigenvalue weighted by Gasteiger charge is 2.49. The van der Waals surface area contributed by atoms with Crippen LogP contribution in [0.15, 0.2) is 21.7 Å². The van der Waals surface area contributed by atoms with Crippen molar-refractivity contribution in [2.24, 2.45) is 0 Å². The van der Waals surface area contributed by atoms with Crippen molar-refractivity contribution in [3.8, 4) is 0 Å². The van der Waals surface area contributed by atoms with Gasteiger partial charge in [0.05, 0.1) is 19.6 Å². The molecule has 2 aliphatic rings. The standard InChI is InChI=1S/C13H17N3O5S2/c1-15-8-13(21-12(15)18)4-5-16(9-13)10(17)7-14-23(19,20)11-3-2-6-22-11/h2-3,6,14H,4-5,7-9H2,1H3/t13-/m0/s1. The van der Waals surface area contributed by atoms with E-state index >= 15 is 0 Å². The lowest BCUT2D eigenvalue weighted by molar-refractivity contribution is -0.129. The molecule has 1 atom stereocenters. The number of likely N-dealkylation sites (tertiary alicyclic amines) is 1. The molecule has 0 aromatic carbocycles. The Kier molecular flexibility index (Phi) is 4.07. The Morgan fingerprint density at radius 1 is 1.48 bits per heavy atom. The third-order valence-electron chi connectivity index (χ3n) is 3.98. The van der Waals surface area contributed by atoms with Gasteiger partial charge in [-0.25, -0.2) is 17.9 Å². The van der Waals surface area contributed by atoms with Crippen molar-refractivity contribution >= 4 is 33.4 Å². The van der Waals surface area contributed by atoms with Gasteiger partial charge in [0.25, 0.3) is 10.0 Å². The van der Waals surface area contributed by atoms with E-state index in [1.165, 1.54) is 15.9 Å². The van der Waals surface area contributed by atoms with Gasteiger partial charge in [-0.2, -0.15) is 0 Å². The number of ether oxygens (including phenoxy) is 1. The number of hydrogen-bond donors (Lipinski definition) is 1. The Morgan fingerprint density at radius 2 is 2.26 bits per heavy atom. The summed E-state index contributed by atoms with van der Waals surface area (Å²) in [6, 6.07) is 3.12. The Bertz CT molecular complexity index is 718. The summed E-state index contributed by atoms with van der Waals surface area (Å²) in [6.07, 6.45) is 0.171. The van der Waals surface area contributed by atoms with Gasteiger partial charge in [0.15, 0.2) is 5.60 Å². The van der Waals surface area contributed by atoms with Crippen molar-refractivity contribution in [1.82, 2.24) is 14.5 Å². The average Bonchev–Trinajstić information content (AvgIpc) is 3.19. The van der Waals surface area contributed by atoms with E-state index in [2.05, 4.69) is 4.72 Å². The van der Waals surface area contributed by atoms with Crippen LogP contribution in [-0.4, -0.2) is 69.0 Å². The zero-order chi connectivity index (χ0) is 16.7. The molecule has 2 amide bonds. The summed E-state index contributed by atoms with van der Waals surface area (Å²) < 4.78 is 31.8. The summed E-state index contributed by atoms with van der Waals surface area (Å²) in [5.41, 5.74) is -0.659. The molecule has 0 radical (unpaired) electrons. The minimum absolute atomic E-state index is 0.175. The van der Waals surface area contributed by atoms with E-state index in [1.807, 2.05) is 0 Å². The van der Waals surface area contributed by atoms with E-state index in [0.717, 1.165) is 11.3 Å². The molecule has 1 aromatic heterocycles. The van der Waals surface area contributed by atoms with Crippen molar-refractivity contribution in [2.75, 3.05) is 33.2 Å². The number of likely N-dealkylation sites (N-methyl/N-ethyl adjacent to an activating group) is 1. The highest BCUT2D eigenvalue weighted by atomic mass is 32.2. The molecule has 0 bridgehead atoms. The van der Waals surface area contributed by atoms with Crippen LogP contribution in [0, 0.1) is 0 Å². The molecule has 3 rings (SSSR count). The molecule has 0 unspecified atom stereocenters. The Morgan fingerprint density at radius 3 is 2.87 bits per heavy atom. The molecule has 3 heterocycles. The minimum atomic E-state index is -3.66. The van der Waals surface area contributed by atoms with Crippen LogP contribution in [0.4, 0.5) is 4.79 Å². The number of sulfonamides is 1. The molecular weight excluding hydrogens is 342 g/mol. The van der Waals surface area contributed by atoms with Gasteiger partial charge in [-0.15, -0.1) is 11.3 Å². The predicted molar refractivity (Wildman–Crippen MR) is 82.5 cm³/mol. The van der Waals surface area contributed by atoms with E-state index in [9.17, 15) is 18.0 Å². The number of nitrogens with zero attached hydrogens (tertiary/aromatic N) is 2. The summed E-state index contributed by atoms with van der Waals surface area (Å²) in [7, 11) is -2.01. The molecule has 1 spiro atoms. The van der Waals surface area contributed by atoms with Crippen LogP contribution in [0.1, 0.15) is 6.42 Å². The first-order valence-corrected chi connectivity index (χ1v) is 9.43. The SMILES string of the molecule is CN1C[C@]2(CCN(C(=O)CNS(=O)(=O)c3cccs3)C2)OC1=O. The van der Waals surface area contributed by atoms with Crippen molar-refractivity contribution < 1.29 is 22.7 Å². The monoisotopic (exact) mass is 359 g/mol. The Labute approximate surface area is 138 Å². The van der Waals surface area contributed by atoms with Crippen molar-refractivity contribution in [3.05, 3.63) is 17.5 Å². The summed E-state index contributed by atoms with van der Waals surface area (Å²) in [6.45, 7) is 0.875. The third-order valence-corrected chi connectivity index (χ3v) is 6.78. The maximum atomic E-state index is 12.2. The van der Waals surface area contributed by atoms with Crippen LogP contribution in [0.25, 0.3) is 0 Å². The van der Waals surface area contributed by atoms with Gasteiger partial charge in [-0.05, 0) is 11.4 Å². The van der Waals surface area contributed by atoms with Gasteiger partial charge in [-0.1, -0.05) is 6.07 Å². The molecule has 1 N–H and O–H groups in total. The largest absolute Gasteiger partial charge is 0.439 e. The number of amides is 2. The molecular formula is C13H17N3O5S2. The lowest BCUT2D eigenvalue weighted by Gasteiger charge is -2.21. The van der Waals surface area contributed by atoms with Crippen LogP contribution in [-0.2, 0) is 19.6 Å². The molecule has 2 aliphatic heterocycles. The number of nitrogens with one attached hydrogen (secondary N) is 1. The number of rotatable bonds is 4. The molecule has 23 heavy (non-hydrogen) atoms. The predicted octanol–water partition coefficient (Wildman–Crippen LogP) is 0.0795. The molecule has 126 valence electrons. The van der Waals surface area contributed by atoms with E-state index in [0.29, 0.717) is 26.1 Å². The van der Waals surface area contributed by atoms with Crippen LogP contribution < -0.4 is 4.72 Å². The molecule has 1 aromatic rings. The molecule has 10 heteroatoms. The second kappa shape index (κ2) is 5.77. The molecule has 0 aliphatic carbocycles. The summed E-state index contributed by atoms with van der Waals surface area (Å²) >= 11 is 1.09. The van der Waals surface area contributed by atoms with Gasteiger partial charge in [0, 0.05) is 20.0 Å². The van der Waals surface area contributed by atoms with Gasteiger partial charge in [0.1, 0.15) is 4.21 Å². The first-order chi connectivity index (χ1) is 10.8. The van der Waals surface area contributed by atoms with E-state index < -0.39 is 21.7 Å². The fourth-order valence-electron chi connectivity index (χ4n) is 2.82. The lowest BCUT2D eigenvalue weighted by Crippen LogP contribution is -2.42. The van der Waals surface area contributed by atoms with Gasteiger partial charge in [0.2, 0.25) is 5.91 Å². The van der Waals surface area contributed by atoms with Crippen LogP contribution >= 0.6 is 11.3 Å².